The van der Waals surface area contributed by atoms with E-state index in [-0.39, 0.29) is 5.69 Å². The highest BCUT2D eigenvalue weighted by Gasteiger charge is 2.38. The van der Waals surface area contributed by atoms with E-state index in [1.165, 1.54) is 31.7 Å². The number of hydrogen-bond donors (Lipinski definition) is 1. The predicted octanol–water partition coefficient (Wildman–Crippen LogP) is 3.61. The Balaban J connectivity index is 0.000000873. The molecule has 1 rings (SSSR count). The third-order valence-corrected chi connectivity index (χ3v) is 1.59. The Morgan fingerprint density at radius 2 is 1.89 bits per heavy atom. The fourth-order valence-electron chi connectivity index (χ4n) is 0.903. The first kappa shape index (κ1) is 16.3. The SMILES string of the molecule is CCC.COc1cccc(NC(=O)C(F)(F)F)c1. The van der Waals surface area contributed by atoms with Crippen LogP contribution in [0.15, 0.2) is 24.3 Å². The van der Waals surface area contributed by atoms with Crippen molar-refractivity contribution in [2.75, 3.05) is 12.4 Å². The van der Waals surface area contributed by atoms with Gasteiger partial charge in [0.05, 0.1) is 7.11 Å². The van der Waals surface area contributed by atoms with Gasteiger partial charge in [0.2, 0.25) is 0 Å². The summed E-state index contributed by atoms with van der Waals surface area (Å²) in [4.78, 5) is 10.6. The molecule has 0 atom stereocenters. The number of carbonyl (C=O) groups is 1. The topological polar surface area (TPSA) is 38.3 Å². The lowest BCUT2D eigenvalue weighted by Crippen LogP contribution is -2.29. The number of alkyl halides is 3. The quantitative estimate of drug-likeness (QED) is 0.885. The van der Waals surface area contributed by atoms with E-state index in [9.17, 15) is 18.0 Å². The Morgan fingerprint density at radius 3 is 2.33 bits per heavy atom. The lowest BCUT2D eigenvalue weighted by molar-refractivity contribution is -0.167. The molecule has 0 aliphatic rings. The van der Waals surface area contributed by atoms with Crippen LogP contribution < -0.4 is 10.1 Å². The van der Waals surface area contributed by atoms with Gasteiger partial charge in [-0.05, 0) is 12.1 Å². The Labute approximate surface area is 104 Å². The lowest BCUT2D eigenvalue weighted by atomic mass is 10.3. The second kappa shape index (κ2) is 7.58. The zero-order valence-corrected chi connectivity index (χ0v) is 10.5. The molecule has 0 unspecified atom stereocenters. The van der Waals surface area contributed by atoms with Gasteiger partial charge in [0, 0.05) is 11.8 Å². The summed E-state index contributed by atoms with van der Waals surface area (Å²) in [6.07, 6.45) is -3.64. The molecule has 1 aromatic rings. The van der Waals surface area contributed by atoms with Gasteiger partial charge in [-0.2, -0.15) is 13.2 Å². The van der Waals surface area contributed by atoms with Crippen molar-refractivity contribution >= 4 is 11.6 Å². The number of anilines is 1. The molecule has 3 nitrogen and oxygen atoms in total. The first-order valence-electron chi connectivity index (χ1n) is 5.37. The van der Waals surface area contributed by atoms with Crippen LogP contribution in [-0.4, -0.2) is 19.2 Å². The van der Waals surface area contributed by atoms with Crippen LogP contribution in [0.1, 0.15) is 20.3 Å². The molecule has 6 heteroatoms. The molecule has 0 heterocycles. The van der Waals surface area contributed by atoms with Crippen molar-refractivity contribution < 1.29 is 22.7 Å². The zero-order valence-electron chi connectivity index (χ0n) is 10.5. The van der Waals surface area contributed by atoms with E-state index in [0.717, 1.165) is 0 Å². The van der Waals surface area contributed by atoms with Gasteiger partial charge in [0.15, 0.2) is 0 Å². The Kier molecular flexibility index (Phi) is 6.85. The van der Waals surface area contributed by atoms with Crippen LogP contribution in [0.25, 0.3) is 0 Å². The van der Waals surface area contributed by atoms with Crippen molar-refractivity contribution in [3.05, 3.63) is 24.3 Å². The van der Waals surface area contributed by atoms with E-state index in [4.69, 9.17) is 4.74 Å². The van der Waals surface area contributed by atoms with Gasteiger partial charge >= 0.3 is 12.1 Å². The Bertz CT molecular complexity index is 378. The smallest absolute Gasteiger partial charge is 0.471 e. The number of amides is 1. The van der Waals surface area contributed by atoms with Gasteiger partial charge in [-0.1, -0.05) is 26.3 Å². The maximum absolute atomic E-state index is 11.9. The maximum Gasteiger partial charge on any atom is 0.471 e. The predicted molar refractivity (Wildman–Crippen MR) is 63.6 cm³/mol. The first-order chi connectivity index (χ1) is 8.35. The van der Waals surface area contributed by atoms with Crippen molar-refractivity contribution in [1.82, 2.24) is 0 Å². The molecule has 0 radical (unpaired) electrons. The number of ether oxygens (including phenoxy) is 1. The second-order valence-corrected chi connectivity index (χ2v) is 3.39. The highest BCUT2D eigenvalue weighted by Crippen LogP contribution is 2.21. The molecule has 18 heavy (non-hydrogen) atoms. The van der Waals surface area contributed by atoms with E-state index >= 15 is 0 Å². The highest BCUT2D eigenvalue weighted by atomic mass is 19.4. The third kappa shape index (κ3) is 6.12. The van der Waals surface area contributed by atoms with Crippen LogP contribution in [0.2, 0.25) is 0 Å². The fraction of sp³-hybridized carbons (Fsp3) is 0.417. The number of rotatable bonds is 2. The van der Waals surface area contributed by atoms with Crippen LogP contribution in [0.3, 0.4) is 0 Å². The molecule has 102 valence electrons. The summed E-state index contributed by atoms with van der Waals surface area (Å²) in [5.74, 6) is -1.63. The molecule has 0 aliphatic carbocycles. The summed E-state index contributed by atoms with van der Waals surface area (Å²) in [7, 11) is 1.38. The average Bonchev–Trinajstić information content (AvgIpc) is 2.29. The van der Waals surface area contributed by atoms with Gasteiger partial charge in [0.25, 0.3) is 0 Å². The summed E-state index contributed by atoms with van der Waals surface area (Å²) >= 11 is 0. The molecule has 0 aliphatic heterocycles. The standard InChI is InChI=1S/C9H8F3NO2.C3H8/c1-15-7-4-2-3-6(5-7)13-8(14)9(10,11)12;1-3-2/h2-5H,1H3,(H,13,14);3H2,1-2H3. The first-order valence-corrected chi connectivity index (χ1v) is 5.37. The summed E-state index contributed by atoms with van der Waals surface area (Å²) in [5, 5.41) is 1.71. The number of benzene rings is 1. The van der Waals surface area contributed by atoms with Crippen LogP contribution in [-0.2, 0) is 4.79 Å². The monoisotopic (exact) mass is 263 g/mol. The van der Waals surface area contributed by atoms with E-state index in [0.29, 0.717) is 5.75 Å². The Hall–Kier alpha value is -1.72. The molecule has 0 saturated carbocycles. The van der Waals surface area contributed by atoms with Crippen molar-refractivity contribution in [3.63, 3.8) is 0 Å². The highest BCUT2D eigenvalue weighted by molar-refractivity contribution is 5.95. The molecular weight excluding hydrogens is 247 g/mol. The van der Waals surface area contributed by atoms with Gasteiger partial charge in [-0.3, -0.25) is 4.79 Å². The van der Waals surface area contributed by atoms with Crippen molar-refractivity contribution in [2.45, 2.75) is 26.4 Å². The van der Waals surface area contributed by atoms with E-state index in [1.807, 2.05) is 0 Å². The van der Waals surface area contributed by atoms with E-state index < -0.39 is 12.1 Å². The summed E-state index contributed by atoms with van der Waals surface area (Å²) in [5.41, 5.74) is 0.0386. The molecule has 0 spiro atoms. The minimum absolute atomic E-state index is 0.0386. The second-order valence-electron chi connectivity index (χ2n) is 3.39. The molecule has 1 amide bonds. The van der Waals surface area contributed by atoms with Crippen LogP contribution >= 0.6 is 0 Å². The summed E-state index contributed by atoms with van der Waals surface area (Å²) in [6, 6.07) is 5.67. The zero-order chi connectivity index (χ0) is 14.2. The molecular formula is C12H16F3NO2. The van der Waals surface area contributed by atoms with Crippen LogP contribution in [0.5, 0.6) is 5.75 Å². The minimum atomic E-state index is -4.89. The average molecular weight is 263 g/mol. The third-order valence-electron chi connectivity index (χ3n) is 1.59. The molecule has 1 N–H and O–H groups in total. The number of carbonyl (C=O) groups excluding carboxylic acids is 1. The fourth-order valence-corrected chi connectivity index (χ4v) is 0.903. The van der Waals surface area contributed by atoms with Gasteiger partial charge in [-0.25, -0.2) is 0 Å². The van der Waals surface area contributed by atoms with Gasteiger partial charge in [-0.15, -0.1) is 0 Å². The maximum atomic E-state index is 11.9. The summed E-state index contributed by atoms with van der Waals surface area (Å²) < 4.78 is 40.4. The van der Waals surface area contributed by atoms with Gasteiger partial charge in [0.1, 0.15) is 5.75 Å². The molecule has 0 bridgehead atoms. The van der Waals surface area contributed by atoms with E-state index in [1.54, 1.807) is 11.4 Å². The number of halogens is 3. The number of methoxy groups -OCH3 is 1. The van der Waals surface area contributed by atoms with Crippen LogP contribution in [0.4, 0.5) is 18.9 Å². The largest absolute Gasteiger partial charge is 0.497 e. The molecule has 1 aromatic carbocycles. The van der Waals surface area contributed by atoms with Crippen molar-refractivity contribution in [3.8, 4) is 5.75 Å². The molecule has 0 fully saturated rings. The van der Waals surface area contributed by atoms with Crippen molar-refractivity contribution in [2.24, 2.45) is 0 Å². The summed E-state index contributed by atoms with van der Waals surface area (Å²) in [6.45, 7) is 4.25. The number of hydrogen-bond acceptors (Lipinski definition) is 2. The minimum Gasteiger partial charge on any atom is -0.497 e. The van der Waals surface area contributed by atoms with Crippen LogP contribution in [0, 0.1) is 0 Å². The molecule has 0 aromatic heterocycles. The number of nitrogens with one attached hydrogen (secondary N) is 1. The van der Waals surface area contributed by atoms with Gasteiger partial charge < -0.3 is 10.1 Å². The van der Waals surface area contributed by atoms with Crippen molar-refractivity contribution in [1.29, 1.82) is 0 Å². The Morgan fingerprint density at radius 1 is 1.33 bits per heavy atom. The molecule has 0 saturated heterocycles. The normalized spacial score (nSPS) is 10.1. The van der Waals surface area contributed by atoms with E-state index in [2.05, 4.69) is 13.8 Å². The lowest BCUT2D eigenvalue weighted by Gasteiger charge is -2.08.